The van der Waals surface area contributed by atoms with Crippen molar-refractivity contribution >= 4 is 62.9 Å². The second-order valence-corrected chi connectivity index (χ2v) is 13.9. The summed E-state index contributed by atoms with van der Waals surface area (Å²) in [6, 6.07) is 42.7. The van der Waals surface area contributed by atoms with Crippen LogP contribution >= 0.6 is 27.7 Å². The first-order valence-corrected chi connectivity index (χ1v) is 17.8. The van der Waals surface area contributed by atoms with Crippen molar-refractivity contribution in [3.8, 4) is 11.3 Å². The van der Waals surface area contributed by atoms with Gasteiger partial charge in [-0.05, 0) is 91.7 Å². The molecule has 0 saturated heterocycles. The molecule has 5 aromatic carbocycles. The number of benzene rings is 5. The number of halogens is 1. The van der Waals surface area contributed by atoms with Crippen molar-refractivity contribution in [3.05, 3.63) is 178 Å². The molecule has 7 nitrogen and oxygen atoms in total. The molecule has 1 atom stereocenters. The number of furan rings is 1. The van der Waals surface area contributed by atoms with E-state index in [-0.39, 0.29) is 11.6 Å². The van der Waals surface area contributed by atoms with E-state index in [9.17, 15) is 14.4 Å². The fourth-order valence-electron chi connectivity index (χ4n) is 5.29. The van der Waals surface area contributed by atoms with E-state index in [1.54, 1.807) is 42.5 Å². The van der Waals surface area contributed by atoms with Crippen LogP contribution in [0.2, 0.25) is 0 Å². The molecule has 3 N–H and O–H groups in total. The fourth-order valence-corrected chi connectivity index (χ4v) is 6.58. The number of amides is 3. The predicted octanol–water partition coefficient (Wildman–Crippen LogP) is 10.2. The van der Waals surface area contributed by atoms with Crippen LogP contribution in [-0.2, 0) is 9.59 Å². The van der Waals surface area contributed by atoms with Crippen LogP contribution in [0.25, 0.3) is 17.4 Å². The molecule has 0 fully saturated rings. The fraction of sp³-hybridized carbons (Fsp3) is 0.0714. The molecule has 0 aliphatic carbocycles. The first kappa shape index (κ1) is 35.2. The summed E-state index contributed by atoms with van der Waals surface area (Å²) in [5.41, 5.74) is 5.54. The number of aryl methyl sites for hydroxylation is 2. The molecule has 51 heavy (non-hydrogen) atoms. The van der Waals surface area contributed by atoms with Gasteiger partial charge in [-0.1, -0.05) is 94.3 Å². The highest BCUT2D eigenvalue weighted by atomic mass is 79.9. The van der Waals surface area contributed by atoms with Gasteiger partial charge >= 0.3 is 0 Å². The Morgan fingerprint density at radius 3 is 2.12 bits per heavy atom. The summed E-state index contributed by atoms with van der Waals surface area (Å²) in [5.74, 6) is -0.0943. The molecule has 0 saturated carbocycles. The van der Waals surface area contributed by atoms with Gasteiger partial charge < -0.3 is 20.4 Å². The molecule has 0 radical (unpaired) electrons. The maximum Gasteiger partial charge on any atom is 0.272 e. The minimum absolute atomic E-state index is 0.00576. The zero-order valence-electron chi connectivity index (χ0n) is 27.9. The predicted molar refractivity (Wildman–Crippen MR) is 208 cm³/mol. The van der Waals surface area contributed by atoms with E-state index in [0.29, 0.717) is 22.8 Å². The molecule has 0 unspecified atom stereocenters. The Morgan fingerprint density at radius 1 is 0.745 bits per heavy atom. The highest BCUT2D eigenvalue weighted by Gasteiger charge is 2.23. The van der Waals surface area contributed by atoms with Gasteiger partial charge in [0.2, 0.25) is 5.91 Å². The highest BCUT2D eigenvalue weighted by molar-refractivity contribution is 9.10. The molecule has 6 rings (SSSR count). The van der Waals surface area contributed by atoms with Gasteiger partial charge in [-0.25, -0.2) is 0 Å². The Hall–Kier alpha value is -5.64. The highest BCUT2D eigenvalue weighted by Crippen LogP contribution is 2.37. The summed E-state index contributed by atoms with van der Waals surface area (Å²) >= 11 is 4.86. The van der Waals surface area contributed by atoms with Gasteiger partial charge in [-0.15, -0.1) is 11.8 Å². The largest absolute Gasteiger partial charge is 0.457 e. The van der Waals surface area contributed by atoms with E-state index in [2.05, 4.69) is 31.9 Å². The van der Waals surface area contributed by atoms with Crippen LogP contribution in [0.3, 0.4) is 0 Å². The van der Waals surface area contributed by atoms with Gasteiger partial charge in [0.05, 0.1) is 0 Å². The lowest BCUT2D eigenvalue weighted by molar-refractivity contribution is -0.116. The quantitative estimate of drug-likeness (QED) is 0.0903. The van der Waals surface area contributed by atoms with Gasteiger partial charge in [0.1, 0.15) is 22.5 Å². The van der Waals surface area contributed by atoms with E-state index in [0.717, 1.165) is 37.3 Å². The van der Waals surface area contributed by atoms with Gasteiger partial charge in [0, 0.05) is 37.9 Å². The Morgan fingerprint density at radius 2 is 1.43 bits per heavy atom. The first-order valence-electron chi connectivity index (χ1n) is 16.2. The van der Waals surface area contributed by atoms with Crippen LogP contribution in [0.15, 0.2) is 159 Å². The third kappa shape index (κ3) is 9.33. The lowest BCUT2D eigenvalue weighted by atomic mass is 10.1. The van der Waals surface area contributed by atoms with Crippen molar-refractivity contribution in [1.29, 1.82) is 0 Å². The number of hydrogen-bond donors (Lipinski definition) is 3. The molecule has 9 heteroatoms. The maximum atomic E-state index is 13.7. The van der Waals surface area contributed by atoms with Crippen LogP contribution in [0.5, 0.6) is 0 Å². The average Bonchev–Trinajstić information content (AvgIpc) is 3.61. The summed E-state index contributed by atoms with van der Waals surface area (Å²) in [4.78, 5) is 41.3. The van der Waals surface area contributed by atoms with E-state index in [1.165, 1.54) is 17.8 Å². The summed E-state index contributed by atoms with van der Waals surface area (Å²) in [6.07, 6.45) is 1.50. The number of thioether (sulfide) groups is 1. The molecule has 0 bridgehead atoms. The van der Waals surface area contributed by atoms with E-state index in [4.69, 9.17) is 4.42 Å². The monoisotopic (exact) mass is 755 g/mol. The third-order valence-electron chi connectivity index (χ3n) is 7.92. The lowest BCUT2D eigenvalue weighted by Crippen LogP contribution is -2.30. The van der Waals surface area contributed by atoms with Crippen LogP contribution in [0.4, 0.5) is 11.4 Å². The van der Waals surface area contributed by atoms with Crippen molar-refractivity contribution in [2.24, 2.45) is 0 Å². The zero-order valence-corrected chi connectivity index (χ0v) is 30.3. The normalized spacial score (nSPS) is 11.8. The Bertz CT molecular complexity index is 2180. The number of rotatable bonds is 11. The van der Waals surface area contributed by atoms with Crippen molar-refractivity contribution in [1.82, 2.24) is 5.32 Å². The van der Waals surface area contributed by atoms with E-state index >= 15 is 0 Å². The van der Waals surface area contributed by atoms with Crippen molar-refractivity contribution in [2.75, 3.05) is 10.6 Å². The first-order chi connectivity index (χ1) is 24.7. The number of nitrogens with one attached hydrogen (secondary N) is 3. The van der Waals surface area contributed by atoms with Crippen molar-refractivity contribution < 1.29 is 18.8 Å². The molecule has 3 amide bonds. The molecule has 0 aliphatic rings. The van der Waals surface area contributed by atoms with Crippen LogP contribution in [-0.4, -0.2) is 17.7 Å². The Balaban J connectivity index is 1.20. The molecule has 0 aliphatic heterocycles. The SMILES string of the molecule is Cc1ccc(NC(=O)[C@@H](Sc2ccc(NC(=O)/C(=C/c3ccc(-c4ccc(Br)cc4)o3)NC(=O)c3ccccc3)cc2)c2ccccc2)c(C)c1. The van der Waals surface area contributed by atoms with Gasteiger partial charge in [-0.2, -0.15) is 0 Å². The van der Waals surface area contributed by atoms with Crippen LogP contribution < -0.4 is 16.0 Å². The lowest BCUT2D eigenvalue weighted by Gasteiger charge is -2.18. The van der Waals surface area contributed by atoms with Gasteiger partial charge in [-0.3, -0.25) is 14.4 Å². The van der Waals surface area contributed by atoms with Gasteiger partial charge in [0.15, 0.2) is 0 Å². The number of carbonyl (C=O) groups is 3. The topological polar surface area (TPSA) is 100 Å². The molecular weight excluding hydrogens is 722 g/mol. The van der Waals surface area contributed by atoms with Crippen LogP contribution in [0, 0.1) is 13.8 Å². The molecular formula is C42H34BrN3O4S. The zero-order chi connectivity index (χ0) is 35.7. The molecule has 6 aromatic rings. The summed E-state index contributed by atoms with van der Waals surface area (Å²) in [7, 11) is 0. The number of anilines is 2. The Labute approximate surface area is 309 Å². The van der Waals surface area contributed by atoms with Gasteiger partial charge in [0.25, 0.3) is 11.8 Å². The second-order valence-electron chi connectivity index (χ2n) is 11.8. The maximum absolute atomic E-state index is 13.7. The van der Waals surface area contributed by atoms with Crippen molar-refractivity contribution in [2.45, 2.75) is 24.0 Å². The number of carbonyl (C=O) groups excluding carboxylic acids is 3. The number of hydrogen-bond acceptors (Lipinski definition) is 5. The van der Waals surface area contributed by atoms with Crippen molar-refractivity contribution in [3.63, 3.8) is 0 Å². The second kappa shape index (κ2) is 16.4. The summed E-state index contributed by atoms with van der Waals surface area (Å²) in [5, 5.41) is 8.21. The summed E-state index contributed by atoms with van der Waals surface area (Å²) in [6.45, 7) is 4.00. The molecule has 254 valence electrons. The minimum atomic E-state index is -0.531. The standard InChI is InChI=1S/C42H34BrN3O4S/c1-27-13-23-36(28(2)25-27)45-42(49)39(30-9-5-3-6-10-30)51-35-21-18-33(19-22-35)44-41(48)37(46-40(47)31-11-7-4-8-12-31)26-34-20-24-38(50-34)29-14-16-32(43)17-15-29/h3-26,39H,1-2H3,(H,44,48)(H,45,49)(H,46,47)/b37-26-/t39-/m0/s1. The van der Waals surface area contributed by atoms with E-state index < -0.39 is 17.1 Å². The Kier molecular flexibility index (Phi) is 11.3. The van der Waals surface area contributed by atoms with Crippen LogP contribution in [0.1, 0.15) is 38.1 Å². The average molecular weight is 757 g/mol. The molecule has 1 heterocycles. The summed E-state index contributed by atoms with van der Waals surface area (Å²) < 4.78 is 6.97. The third-order valence-corrected chi connectivity index (χ3v) is 9.71. The smallest absolute Gasteiger partial charge is 0.272 e. The van der Waals surface area contributed by atoms with E-state index in [1.807, 2.05) is 111 Å². The minimum Gasteiger partial charge on any atom is -0.457 e. The molecule has 0 spiro atoms. The molecule has 1 aromatic heterocycles.